The summed E-state index contributed by atoms with van der Waals surface area (Å²) in [5.74, 6) is 2.17. The van der Waals surface area contributed by atoms with Crippen LogP contribution in [-0.4, -0.2) is 29.2 Å². The van der Waals surface area contributed by atoms with E-state index in [-0.39, 0.29) is 5.56 Å². The number of benzene rings is 3. The Labute approximate surface area is 207 Å². The highest BCUT2D eigenvalue weighted by Gasteiger charge is 2.12. The van der Waals surface area contributed by atoms with Gasteiger partial charge in [0.1, 0.15) is 19.0 Å². The van der Waals surface area contributed by atoms with E-state index < -0.39 is 0 Å². The van der Waals surface area contributed by atoms with E-state index in [9.17, 15) is 4.79 Å². The van der Waals surface area contributed by atoms with E-state index in [0.29, 0.717) is 40.8 Å². The van der Waals surface area contributed by atoms with Crippen LogP contribution in [0.4, 0.5) is 0 Å². The SMILES string of the molecule is CCOc1cc(/C=c2/sc3nc4ccccc4n3c2=O)ccc1OCCOc1c(C)cccc1C. The van der Waals surface area contributed by atoms with Gasteiger partial charge < -0.3 is 14.2 Å². The molecule has 178 valence electrons. The van der Waals surface area contributed by atoms with E-state index in [1.54, 1.807) is 4.40 Å². The van der Waals surface area contributed by atoms with Crippen molar-refractivity contribution in [2.45, 2.75) is 20.8 Å². The van der Waals surface area contributed by atoms with Gasteiger partial charge in [-0.2, -0.15) is 0 Å². The first-order valence-electron chi connectivity index (χ1n) is 11.6. The number of fused-ring (bicyclic) bond motifs is 3. The number of rotatable bonds is 8. The van der Waals surface area contributed by atoms with E-state index in [1.165, 1.54) is 11.3 Å². The average Bonchev–Trinajstić information content (AvgIpc) is 3.35. The Morgan fingerprint density at radius 2 is 1.69 bits per heavy atom. The van der Waals surface area contributed by atoms with Gasteiger partial charge in [-0.3, -0.25) is 4.79 Å². The van der Waals surface area contributed by atoms with Gasteiger partial charge in [0, 0.05) is 0 Å². The fraction of sp³-hybridized carbons (Fsp3) is 0.214. The minimum absolute atomic E-state index is 0.0689. The van der Waals surface area contributed by atoms with Gasteiger partial charge in [0.05, 0.1) is 22.2 Å². The molecule has 0 fully saturated rings. The van der Waals surface area contributed by atoms with Crippen LogP contribution in [0, 0.1) is 13.8 Å². The van der Waals surface area contributed by atoms with Crippen molar-refractivity contribution < 1.29 is 14.2 Å². The lowest BCUT2D eigenvalue weighted by molar-refractivity contribution is 0.207. The lowest BCUT2D eigenvalue weighted by Gasteiger charge is -2.14. The molecular formula is C28H26N2O4S. The number of nitrogens with zero attached hydrogens (tertiary/aromatic N) is 2. The number of ether oxygens (including phenoxy) is 3. The fourth-order valence-corrected chi connectivity index (χ4v) is 5.07. The standard InChI is InChI=1S/C28H26N2O4S/c1-4-32-24-16-20(12-13-23(24)33-14-15-34-26-18(2)8-7-9-19(26)3)17-25-27(31)30-22-11-6-5-10-21(22)29-28(30)35-25/h5-13,16-17H,4,14-15H2,1-3H3/b25-17+. The van der Waals surface area contributed by atoms with Gasteiger partial charge in [-0.05, 0) is 67.8 Å². The second-order valence-electron chi connectivity index (χ2n) is 8.19. The van der Waals surface area contributed by atoms with Gasteiger partial charge in [-0.25, -0.2) is 9.38 Å². The predicted molar refractivity (Wildman–Crippen MR) is 140 cm³/mol. The van der Waals surface area contributed by atoms with E-state index in [0.717, 1.165) is 33.5 Å². The third-order valence-electron chi connectivity index (χ3n) is 5.71. The molecule has 0 aliphatic carbocycles. The molecule has 0 radical (unpaired) electrons. The van der Waals surface area contributed by atoms with Crippen molar-refractivity contribution in [1.29, 1.82) is 0 Å². The van der Waals surface area contributed by atoms with Gasteiger partial charge in [0.25, 0.3) is 5.56 Å². The van der Waals surface area contributed by atoms with Crippen LogP contribution in [0.2, 0.25) is 0 Å². The monoisotopic (exact) mass is 486 g/mol. The van der Waals surface area contributed by atoms with Crippen LogP contribution in [-0.2, 0) is 0 Å². The van der Waals surface area contributed by atoms with E-state index >= 15 is 0 Å². The van der Waals surface area contributed by atoms with Crippen LogP contribution < -0.4 is 24.3 Å². The molecule has 6 nitrogen and oxygen atoms in total. The highest BCUT2D eigenvalue weighted by Crippen LogP contribution is 2.29. The quantitative estimate of drug-likeness (QED) is 0.291. The number of hydrogen-bond acceptors (Lipinski definition) is 6. The first-order valence-corrected chi connectivity index (χ1v) is 12.4. The number of thiazole rings is 1. The van der Waals surface area contributed by atoms with Gasteiger partial charge in [-0.1, -0.05) is 47.7 Å². The zero-order valence-electron chi connectivity index (χ0n) is 19.9. The first-order chi connectivity index (χ1) is 17.0. The summed E-state index contributed by atoms with van der Waals surface area (Å²) in [7, 11) is 0. The molecule has 2 aromatic heterocycles. The van der Waals surface area contributed by atoms with Crippen LogP contribution in [0.3, 0.4) is 0 Å². The molecule has 0 N–H and O–H groups in total. The Morgan fingerprint density at radius 3 is 2.49 bits per heavy atom. The Balaban J connectivity index is 1.36. The summed E-state index contributed by atoms with van der Waals surface area (Å²) in [4.78, 5) is 18.3. The largest absolute Gasteiger partial charge is 0.490 e. The molecule has 0 aliphatic rings. The van der Waals surface area contributed by atoms with Crippen molar-refractivity contribution in [3.05, 3.63) is 92.2 Å². The van der Waals surface area contributed by atoms with Gasteiger partial charge >= 0.3 is 0 Å². The third-order valence-corrected chi connectivity index (χ3v) is 6.68. The summed E-state index contributed by atoms with van der Waals surface area (Å²) in [5, 5.41) is 0. The Kier molecular flexibility index (Phi) is 6.42. The minimum Gasteiger partial charge on any atom is -0.490 e. The van der Waals surface area contributed by atoms with Gasteiger partial charge in [0.2, 0.25) is 0 Å². The van der Waals surface area contributed by atoms with Crippen molar-refractivity contribution in [2.75, 3.05) is 19.8 Å². The van der Waals surface area contributed by atoms with E-state index in [4.69, 9.17) is 14.2 Å². The van der Waals surface area contributed by atoms with Crippen LogP contribution in [0.5, 0.6) is 17.2 Å². The molecule has 0 saturated heterocycles. The second-order valence-corrected chi connectivity index (χ2v) is 9.20. The molecule has 5 aromatic rings. The van der Waals surface area contributed by atoms with Crippen molar-refractivity contribution in [3.63, 3.8) is 0 Å². The minimum atomic E-state index is -0.0689. The maximum absolute atomic E-state index is 13.1. The molecular weight excluding hydrogens is 460 g/mol. The zero-order chi connectivity index (χ0) is 24.4. The maximum atomic E-state index is 13.1. The Morgan fingerprint density at radius 1 is 0.914 bits per heavy atom. The number of imidazole rings is 1. The topological polar surface area (TPSA) is 62.1 Å². The normalized spacial score (nSPS) is 11.9. The smallest absolute Gasteiger partial charge is 0.274 e. The summed E-state index contributed by atoms with van der Waals surface area (Å²) in [6.07, 6.45) is 1.87. The molecule has 0 amide bonds. The summed E-state index contributed by atoms with van der Waals surface area (Å²) in [6.45, 7) is 7.31. The fourth-order valence-electron chi connectivity index (χ4n) is 4.09. The number of aromatic nitrogens is 2. The lowest BCUT2D eigenvalue weighted by atomic mass is 10.1. The van der Waals surface area contributed by atoms with E-state index in [1.807, 2.05) is 87.5 Å². The van der Waals surface area contributed by atoms with E-state index in [2.05, 4.69) is 4.98 Å². The summed E-state index contributed by atoms with van der Waals surface area (Å²) < 4.78 is 20.0. The molecule has 3 aromatic carbocycles. The molecule has 0 saturated carbocycles. The van der Waals surface area contributed by atoms with Crippen molar-refractivity contribution in [3.8, 4) is 17.2 Å². The molecule has 35 heavy (non-hydrogen) atoms. The van der Waals surface area contributed by atoms with Crippen LogP contribution >= 0.6 is 11.3 Å². The van der Waals surface area contributed by atoms with Crippen LogP contribution in [0.25, 0.3) is 22.1 Å². The lowest BCUT2D eigenvalue weighted by Crippen LogP contribution is -2.22. The van der Waals surface area contributed by atoms with Crippen LogP contribution in [0.1, 0.15) is 23.6 Å². The molecule has 7 heteroatoms. The molecule has 0 unspecified atom stereocenters. The maximum Gasteiger partial charge on any atom is 0.274 e. The van der Waals surface area contributed by atoms with Crippen molar-refractivity contribution in [1.82, 2.24) is 9.38 Å². The molecule has 0 atom stereocenters. The first kappa shape index (κ1) is 22.9. The average molecular weight is 487 g/mol. The highest BCUT2D eigenvalue weighted by molar-refractivity contribution is 7.15. The number of aryl methyl sites for hydroxylation is 2. The molecule has 0 spiro atoms. The summed E-state index contributed by atoms with van der Waals surface area (Å²) in [6, 6.07) is 19.4. The number of para-hydroxylation sites is 3. The summed E-state index contributed by atoms with van der Waals surface area (Å²) >= 11 is 1.38. The molecule has 0 bridgehead atoms. The molecule has 0 aliphatic heterocycles. The molecule has 5 rings (SSSR count). The summed E-state index contributed by atoms with van der Waals surface area (Å²) in [5.41, 5.74) is 4.65. The molecule has 2 heterocycles. The number of hydrogen-bond donors (Lipinski definition) is 0. The highest BCUT2D eigenvalue weighted by atomic mass is 32.1. The van der Waals surface area contributed by atoms with Gasteiger partial charge in [0.15, 0.2) is 16.5 Å². The van der Waals surface area contributed by atoms with Gasteiger partial charge in [-0.15, -0.1) is 0 Å². The predicted octanol–water partition coefficient (Wildman–Crippen LogP) is 4.93. The third kappa shape index (κ3) is 4.59. The van der Waals surface area contributed by atoms with Crippen molar-refractivity contribution >= 4 is 33.4 Å². The Bertz CT molecular complexity index is 1600. The Hall–Kier alpha value is -3.84. The zero-order valence-corrected chi connectivity index (χ0v) is 20.7. The van der Waals surface area contributed by atoms with Crippen LogP contribution in [0.15, 0.2) is 65.5 Å². The second kappa shape index (κ2) is 9.80. The van der Waals surface area contributed by atoms with Crippen molar-refractivity contribution in [2.24, 2.45) is 0 Å².